The average Bonchev–Trinajstić information content (AvgIpc) is 2.96. The number of carbonyl (C=O) groups excluding carboxylic acids is 2. The summed E-state index contributed by atoms with van der Waals surface area (Å²) >= 11 is 0. The maximum absolute atomic E-state index is 12.0. The zero-order valence-electron chi connectivity index (χ0n) is 14.7. The van der Waals surface area contributed by atoms with Gasteiger partial charge in [0.25, 0.3) is 0 Å². The van der Waals surface area contributed by atoms with Gasteiger partial charge >= 0.3 is 6.09 Å². The van der Waals surface area contributed by atoms with Crippen LogP contribution in [0.25, 0.3) is 11.3 Å². The van der Waals surface area contributed by atoms with Crippen LogP contribution in [0, 0.1) is 6.92 Å². The van der Waals surface area contributed by atoms with E-state index in [9.17, 15) is 9.59 Å². The first-order valence-corrected chi connectivity index (χ1v) is 7.78. The molecule has 1 aromatic carbocycles. The van der Waals surface area contributed by atoms with Crippen molar-refractivity contribution < 1.29 is 18.7 Å². The number of carbonyl (C=O) groups is 2. The predicted molar refractivity (Wildman–Crippen MR) is 91.7 cm³/mol. The van der Waals surface area contributed by atoms with Crippen LogP contribution >= 0.6 is 0 Å². The Morgan fingerprint density at radius 1 is 1.08 bits per heavy atom. The van der Waals surface area contributed by atoms with Crippen LogP contribution in [0.5, 0.6) is 0 Å². The van der Waals surface area contributed by atoms with Gasteiger partial charge in [0.15, 0.2) is 11.8 Å². The fourth-order valence-corrected chi connectivity index (χ4v) is 2.15. The van der Waals surface area contributed by atoms with Crippen LogP contribution in [0.3, 0.4) is 0 Å². The molecule has 0 radical (unpaired) electrons. The molecule has 1 heterocycles. The third-order valence-electron chi connectivity index (χ3n) is 3.45. The Hall–Kier alpha value is -2.56. The highest BCUT2D eigenvalue weighted by molar-refractivity contribution is 5.77. The van der Waals surface area contributed by atoms with E-state index in [1.807, 2.05) is 31.2 Å². The molecule has 1 atom stereocenters. The normalized spacial score (nSPS) is 13.9. The molecule has 2 aromatic rings. The van der Waals surface area contributed by atoms with Crippen LogP contribution in [0.1, 0.15) is 39.0 Å². The zero-order chi connectivity index (χ0) is 18.0. The first-order chi connectivity index (χ1) is 11.1. The van der Waals surface area contributed by atoms with Crippen LogP contribution in [0.4, 0.5) is 4.79 Å². The van der Waals surface area contributed by atoms with Gasteiger partial charge in [-0.25, -0.2) is 4.79 Å². The highest BCUT2D eigenvalue weighted by Gasteiger charge is 2.33. The smallest absolute Gasteiger partial charge is 0.408 e. The highest BCUT2D eigenvalue weighted by Crippen LogP contribution is 2.28. The quantitative estimate of drug-likeness (QED) is 0.854. The van der Waals surface area contributed by atoms with Crippen molar-refractivity contribution in [2.45, 2.75) is 45.8 Å². The summed E-state index contributed by atoms with van der Waals surface area (Å²) in [5.41, 5.74) is 0.0993. The molecule has 1 amide bonds. The van der Waals surface area contributed by atoms with Gasteiger partial charge in [0.2, 0.25) is 0 Å². The number of rotatable bonds is 4. The number of benzene rings is 1. The Morgan fingerprint density at radius 2 is 1.71 bits per heavy atom. The minimum atomic E-state index is -1.30. The molecule has 128 valence electrons. The lowest BCUT2D eigenvalue weighted by atomic mass is 10.0. The Kier molecular flexibility index (Phi) is 4.83. The first-order valence-electron chi connectivity index (χ1n) is 7.78. The van der Waals surface area contributed by atoms with E-state index in [-0.39, 0.29) is 0 Å². The van der Waals surface area contributed by atoms with Crippen molar-refractivity contribution in [1.29, 1.82) is 0 Å². The molecule has 0 spiro atoms. The summed E-state index contributed by atoms with van der Waals surface area (Å²) in [7, 11) is 0. The number of ether oxygens (including phenoxy) is 1. The number of alkyl carbamates (subject to hydrolysis) is 1. The molecule has 1 aromatic heterocycles. The van der Waals surface area contributed by atoms with Gasteiger partial charge in [-0.15, -0.1) is 0 Å². The van der Waals surface area contributed by atoms with Crippen LogP contribution in [-0.4, -0.2) is 18.0 Å². The third-order valence-corrected chi connectivity index (χ3v) is 3.45. The van der Waals surface area contributed by atoms with E-state index in [4.69, 9.17) is 9.15 Å². The lowest BCUT2D eigenvalue weighted by Crippen LogP contribution is -2.46. The molecule has 0 bridgehead atoms. The summed E-state index contributed by atoms with van der Waals surface area (Å²) in [6, 6.07) is 11.3. The van der Waals surface area contributed by atoms with Gasteiger partial charge in [-0.05, 0) is 46.8 Å². The van der Waals surface area contributed by atoms with Crippen LogP contribution in [-0.2, 0) is 15.1 Å². The second-order valence-electron chi connectivity index (χ2n) is 6.98. The fraction of sp³-hybridized carbons (Fsp3) is 0.368. The molecule has 0 aliphatic rings. The number of nitrogens with one attached hydrogen (secondary N) is 1. The van der Waals surface area contributed by atoms with Crippen molar-refractivity contribution in [3.63, 3.8) is 0 Å². The van der Waals surface area contributed by atoms with Gasteiger partial charge in [-0.1, -0.05) is 29.8 Å². The molecule has 5 heteroatoms. The van der Waals surface area contributed by atoms with E-state index < -0.39 is 17.2 Å². The Balaban J connectivity index is 2.23. The van der Waals surface area contributed by atoms with Gasteiger partial charge in [-0.3, -0.25) is 0 Å². The number of amides is 1. The predicted octanol–water partition coefficient (Wildman–Crippen LogP) is 4.19. The molecule has 24 heavy (non-hydrogen) atoms. The summed E-state index contributed by atoms with van der Waals surface area (Å²) in [6.45, 7) is 8.85. The highest BCUT2D eigenvalue weighted by atomic mass is 16.6. The van der Waals surface area contributed by atoms with Crippen molar-refractivity contribution in [3.05, 3.63) is 47.7 Å². The van der Waals surface area contributed by atoms with Crippen LogP contribution in [0.15, 0.2) is 40.8 Å². The maximum atomic E-state index is 12.0. The molecule has 2 rings (SSSR count). The summed E-state index contributed by atoms with van der Waals surface area (Å²) in [6.07, 6.45) is -0.0420. The Bertz CT molecular complexity index is 725. The van der Waals surface area contributed by atoms with Crippen molar-refractivity contribution in [3.8, 4) is 11.3 Å². The largest absolute Gasteiger partial charge is 0.458 e. The van der Waals surface area contributed by atoms with Gasteiger partial charge in [0, 0.05) is 5.56 Å². The van der Waals surface area contributed by atoms with E-state index in [2.05, 4.69) is 5.32 Å². The van der Waals surface area contributed by atoms with E-state index in [0.717, 1.165) is 11.1 Å². The maximum Gasteiger partial charge on any atom is 0.408 e. The summed E-state index contributed by atoms with van der Waals surface area (Å²) in [5, 5.41) is 2.57. The van der Waals surface area contributed by atoms with E-state index in [1.165, 1.54) is 0 Å². The lowest BCUT2D eigenvalue weighted by Gasteiger charge is -2.26. The monoisotopic (exact) mass is 329 g/mol. The summed E-state index contributed by atoms with van der Waals surface area (Å²) in [5.74, 6) is 0.975. The topological polar surface area (TPSA) is 68.5 Å². The van der Waals surface area contributed by atoms with Gasteiger partial charge in [-0.2, -0.15) is 0 Å². The minimum Gasteiger partial charge on any atom is -0.458 e. The molecule has 0 fully saturated rings. The van der Waals surface area contributed by atoms with E-state index >= 15 is 0 Å². The standard InChI is InChI=1S/C19H23NO4/c1-13-6-8-14(9-7-13)15-10-11-16(23-15)19(5,12-21)20-17(22)24-18(2,3)4/h6-12H,1-5H3,(H,20,22). The molecule has 1 unspecified atom stereocenters. The molecule has 5 nitrogen and oxygen atoms in total. The summed E-state index contributed by atoms with van der Waals surface area (Å²) in [4.78, 5) is 23.6. The SMILES string of the molecule is Cc1ccc(-c2ccc(C(C)(C=O)NC(=O)OC(C)(C)C)o2)cc1. The average molecular weight is 329 g/mol. The second-order valence-corrected chi connectivity index (χ2v) is 6.98. The second kappa shape index (κ2) is 6.51. The Labute approximate surface area is 142 Å². The number of aryl methyl sites for hydroxylation is 1. The molecule has 0 aliphatic heterocycles. The number of hydrogen-bond acceptors (Lipinski definition) is 4. The van der Waals surface area contributed by atoms with Crippen LogP contribution < -0.4 is 5.32 Å². The molecule has 0 aliphatic carbocycles. The number of hydrogen-bond donors (Lipinski definition) is 1. The summed E-state index contributed by atoms with van der Waals surface area (Å²) < 4.78 is 11.0. The number of aldehydes is 1. The van der Waals surface area contributed by atoms with Gasteiger partial charge in [0.1, 0.15) is 17.1 Å². The number of furan rings is 1. The minimum absolute atomic E-state index is 0.346. The fourth-order valence-electron chi connectivity index (χ4n) is 2.15. The van der Waals surface area contributed by atoms with Crippen molar-refractivity contribution >= 4 is 12.4 Å². The third kappa shape index (κ3) is 4.25. The van der Waals surface area contributed by atoms with Gasteiger partial charge < -0.3 is 19.3 Å². The zero-order valence-corrected chi connectivity index (χ0v) is 14.7. The first kappa shape index (κ1) is 17.8. The van der Waals surface area contributed by atoms with Crippen molar-refractivity contribution in [2.75, 3.05) is 0 Å². The molecular weight excluding hydrogens is 306 g/mol. The molecule has 1 N–H and O–H groups in total. The van der Waals surface area contributed by atoms with Crippen LogP contribution in [0.2, 0.25) is 0 Å². The lowest BCUT2D eigenvalue weighted by molar-refractivity contribution is -0.113. The molecule has 0 saturated carbocycles. The van der Waals surface area contributed by atoms with E-state index in [0.29, 0.717) is 17.8 Å². The molecular formula is C19H23NO4. The Morgan fingerprint density at radius 3 is 2.25 bits per heavy atom. The van der Waals surface area contributed by atoms with Gasteiger partial charge in [0.05, 0.1) is 0 Å². The van der Waals surface area contributed by atoms with Crippen molar-refractivity contribution in [2.24, 2.45) is 0 Å². The molecule has 0 saturated heterocycles. The van der Waals surface area contributed by atoms with Crippen molar-refractivity contribution in [1.82, 2.24) is 5.32 Å². The van der Waals surface area contributed by atoms with E-state index in [1.54, 1.807) is 39.8 Å².